The highest BCUT2D eigenvalue weighted by molar-refractivity contribution is 7.84. The lowest BCUT2D eigenvalue weighted by molar-refractivity contribution is 1.62. The van der Waals surface area contributed by atoms with Crippen LogP contribution in [-0.4, -0.2) is 0 Å². The highest BCUT2D eigenvalue weighted by Crippen LogP contribution is 2.19. The van der Waals surface area contributed by atoms with Gasteiger partial charge in [-0.05, 0) is 0 Å². The Balaban J connectivity index is 3.39. The van der Waals surface area contributed by atoms with E-state index in [1.54, 1.807) is 20.7 Å². The van der Waals surface area contributed by atoms with Gasteiger partial charge in [-0.1, -0.05) is 32.9 Å². The largest absolute Gasteiger partial charge is 0.140 e. The van der Waals surface area contributed by atoms with Crippen molar-refractivity contribution in [2.24, 2.45) is 0 Å². The Labute approximate surface area is 59.6 Å². The van der Waals surface area contributed by atoms with Crippen LogP contribution >= 0.6 is 45.5 Å². The molecule has 0 spiro atoms. The van der Waals surface area contributed by atoms with Gasteiger partial charge in [-0.2, -0.15) is 0 Å². The number of rotatable bonds is 0. The van der Waals surface area contributed by atoms with E-state index >= 15 is 0 Å². The molecule has 0 saturated carbocycles. The molecule has 0 atom stereocenters. The molecule has 0 aromatic carbocycles. The first-order chi connectivity index (χ1) is 3.30. The highest BCUT2D eigenvalue weighted by Gasteiger charge is 1.85. The van der Waals surface area contributed by atoms with Crippen LogP contribution in [0.1, 0.15) is 0 Å². The third-order valence-electron chi connectivity index (χ3n) is 0.493. The van der Waals surface area contributed by atoms with Crippen molar-refractivity contribution in [3.8, 4) is 0 Å². The molecular weight excluding hydrogens is 164 g/mol. The molecule has 0 aliphatic rings. The molecule has 38 valence electrons. The van der Waals surface area contributed by atoms with Gasteiger partial charge in [0.1, 0.15) is 3.82 Å². The van der Waals surface area contributed by atoms with Crippen LogP contribution in [0.4, 0.5) is 0 Å². The molecule has 1 aromatic rings. The Morgan fingerprint density at radius 3 is 2.57 bits per heavy atom. The zero-order valence-corrected chi connectivity index (χ0v) is 6.59. The van der Waals surface area contributed by atoms with E-state index in [1.165, 1.54) is 0 Å². The molecule has 0 unspecified atom stereocenters. The smallest absolute Gasteiger partial charge is 0.115 e. The third-order valence-corrected chi connectivity index (χ3v) is 3.99. The second kappa shape index (κ2) is 2.26. The van der Waals surface area contributed by atoms with Crippen LogP contribution in [0.25, 0.3) is 0 Å². The van der Waals surface area contributed by atoms with Crippen LogP contribution in [0.15, 0.2) is 10.3 Å². The molecule has 0 bridgehead atoms. The van der Waals surface area contributed by atoms with Gasteiger partial charge in [-0.25, -0.2) is 0 Å². The van der Waals surface area contributed by atoms with Gasteiger partial charge in [0, 0.05) is 10.3 Å². The first kappa shape index (κ1) is 5.75. The summed E-state index contributed by atoms with van der Waals surface area (Å²) in [5.41, 5.74) is 0. The fraction of sp³-hybridized carbons (Fsp3) is 0. The Morgan fingerprint density at radius 1 is 1.71 bits per heavy atom. The normalized spacial score (nSPS) is 9.29. The molecule has 1 rings (SSSR count). The molecule has 4 heteroatoms. The fourth-order valence-corrected chi connectivity index (χ4v) is 2.91. The Bertz CT molecular complexity index is 195. The maximum Gasteiger partial charge on any atom is 0.115 e. The molecule has 1 aromatic heterocycles. The van der Waals surface area contributed by atoms with Crippen molar-refractivity contribution in [2.75, 3.05) is 0 Å². The molecule has 0 fully saturated rings. The maximum absolute atomic E-state index is 4.84. The summed E-state index contributed by atoms with van der Waals surface area (Å²) in [4.78, 5) is 0.935. The Hall–Kier alpha value is 0.620. The first-order valence-corrected chi connectivity index (χ1v) is 4.64. The van der Waals surface area contributed by atoms with Gasteiger partial charge in [-0.3, -0.25) is 0 Å². The summed E-state index contributed by atoms with van der Waals surface area (Å²) in [6.07, 6.45) is 0. The monoisotopic (exact) mass is 166 g/mol. The van der Waals surface area contributed by atoms with Crippen molar-refractivity contribution in [1.29, 1.82) is 0 Å². The van der Waals surface area contributed by atoms with Gasteiger partial charge in [0.2, 0.25) is 0 Å². The van der Waals surface area contributed by atoms with Crippen molar-refractivity contribution in [1.82, 2.24) is 0 Å². The Morgan fingerprint density at radius 2 is 2.43 bits per heavy atom. The van der Waals surface area contributed by atoms with Gasteiger partial charge in [0.25, 0.3) is 0 Å². The van der Waals surface area contributed by atoms with Crippen LogP contribution in [0.3, 0.4) is 0 Å². The summed E-state index contributed by atoms with van der Waals surface area (Å²) in [5, 5.41) is 1.94. The Kier molecular flexibility index (Phi) is 1.86. The second-order valence-electron chi connectivity index (χ2n) is 0.970. The predicted octanol–water partition coefficient (Wildman–Crippen LogP) is 2.83. The number of hydrogen-bond acceptors (Lipinski definition) is 4. The van der Waals surface area contributed by atoms with Crippen molar-refractivity contribution in [3.63, 3.8) is 0 Å². The van der Waals surface area contributed by atoms with Gasteiger partial charge in [0.05, 0.1) is 0 Å². The van der Waals surface area contributed by atoms with E-state index in [0.717, 1.165) is 8.72 Å². The zero-order chi connectivity index (χ0) is 5.28. The van der Waals surface area contributed by atoms with Gasteiger partial charge in [0.15, 0.2) is 0 Å². The molecule has 0 nitrogen and oxygen atoms in total. The van der Waals surface area contributed by atoms with Crippen LogP contribution in [0, 0.1) is 3.82 Å². The minimum Gasteiger partial charge on any atom is -0.140 e. The second-order valence-corrected chi connectivity index (χ2v) is 4.20. The third kappa shape index (κ3) is 1.25. The van der Waals surface area contributed by atoms with Crippen molar-refractivity contribution < 1.29 is 0 Å². The zero-order valence-electron chi connectivity index (χ0n) is 3.25. The van der Waals surface area contributed by atoms with E-state index in [2.05, 4.69) is 12.6 Å². The summed E-state index contributed by atoms with van der Waals surface area (Å²) < 4.78 is 0.897. The lowest BCUT2D eigenvalue weighted by Gasteiger charge is -1.66. The van der Waals surface area contributed by atoms with Gasteiger partial charge >= 0.3 is 0 Å². The van der Waals surface area contributed by atoms with E-state index < -0.39 is 0 Å². The summed E-state index contributed by atoms with van der Waals surface area (Å²) in [5.74, 6) is 0. The average molecular weight is 166 g/mol. The van der Waals surface area contributed by atoms with E-state index in [-0.39, 0.29) is 0 Å². The van der Waals surface area contributed by atoms with Crippen LogP contribution in [-0.2, 0) is 0 Å². The van der Waals surface area contributed by atoms with E-state index in [9.17, 15) is 0 Å². The lowest BCUT2D eigenvalue weighted by Crippen LogP contribution is -1.43. The molecule has 0 N–H and O–H groups in total. The van der Waals surface area contributed by atoms with E-state index in [0.29, 0.717) is 0 Å². The first-order valence-electron chi connectivity index (χ1n) is 1.57. The molecule has 0 amide bonds. The summed E-state index contributed by atoms with van der Waals surface area (Å²) in [6, 6.07) is 0. The molecule has 0 aliphatic heterocycles. The molecule has 0 saturated heterocycles. The summed E-state index contributed by atoms with van der Waals surface area (Å²) in [7, 11) is 3.21. The molecule has 0 radical (unpaired) electrons. The van der Waals surface area contributed by atoms with Crippen LogP contribution in [0.5, 0.6) is 0 Å². The van der Waals surface area contributed by atoms with Crippen LogP contribution < -0.4 is 0 Å². The van der Waals surface area contributed by atoms with Crippen molar-refractivity contribution >= 4 is 45.5 Å². The van der Waals surface area contributed by atoms with Crippen molar-refractivity contribution in [3.05, 3.63) is 9.20 Å². The molecule has 7 heavy (non-hydrogen) atoms. The number of thiol groups is 1. The predicted molar refractivity (Wildman–Crippen MR) is 40.3 cm³/mol. The lowest BCUT2D eigenvalue weighted by atomic mass is 10.8. The molecule has 1 heterocycles. The molecular formula is C3H2S4. The molecule has 0 aliphatic carbocycles. The van der Waals surface area contributed by atoms with E-state index in [1.807, 2.05) is 5.38 Å². The van der Waals surface area contributed by atoms with Crippen molar-refractivity contribution in [2.45, 2.75) is 4.90 Å². The van der Waals surface area contributed by atoms with E-state index in [4.69, 9.17) is 12.2 Å². The fourth-order valence-electron chi connectivity index (χ4n) is 0.204. The topological polar surface area (TPSA) is 0 Å². The SMILES string of the molecule is S=c1sscc1S. The quantitative estimate of drug-likeness (QED) is 0.351. The summed E-state index contributed by atoms with van der Waals surface area (Å²) in [6.45, 7) is 0. The van der Waals surface area contributed by atoms with Crippen LogP contribution in [0.2, 0.25) is 0 Å². The number of hydrogen-bond donors (Lipinski definition) is 1. The maximum atomic E-state index is 4.84. The minimum absolute atomic E-state index is 0.897. The van der Waals surface area contributed by atoms with Gasteiger partial charge in [-0.15, -0.1) is 12.6 Å². The summed E-state index contributed by atoms with van der Waals surface area (Å²) >= 11 is 8.90. The average Bonchev–Trinajstić information content (AvgIpc) is 1.91. The van der Waals surface area contributed by atoms with Gasteiger partial charge < -0.3 is 0 Å². The minimum atomic E-state index is 0.897. The highest BCUT2D eigenvalue weighted by atomic mass is 32.9. The standard InChI is InChI=1S/C3H2S4/c4-2-1-6-7-3(2)5/h1,4H.